The van der Waals surface area contributed by atoms with Gasteiger partial charge < -0.3 is 15.4 Å². The number of morpholine rings is 1. The van der Waals surface area contributed by atoms with Gasteiger partial charge in [-0.15, -0.1) is 0 Å². The average Bonchev–Trinajstić information content (AvgIpc) is 2.81. The van der Waals surface area contributed by atoms with Gasteiger partial charge >= 0.3 is 0 Å². The van der Waals surface area contributed by atoms with Crippen LogP contribution >= 0.6 is 0 Å². The van der Waals surface area contributed by atoms with E-state index in [2.05, 4.69) is 40.7 Å². The quantitative estimate of drug-likeness (QED) is 0.897. The summed E-state index contributed by atoms with van der Waals surface area (Å²) in [5.41, 5.74) is 7.01. The number of nitrogens with two attached hydrogens (primary N) is 1. The lowest BCUT2D eigenvalue weighted by molar-refractivity contribution is 0.122. The van der Waals surface area contributed by atoms with E-state index in [0.29, 0.717) is 25.0 Å². The Hall–Kier alpha value is -1.89. The molecule has 3 rings (SSSR count). The summed E-state index contributed by atoms with van der Waals surface area (Å²) in [6.07, 6.45) is 1.75. The molecule has 0 bridgehead atoms. The number of aromatic nitrogens is 4. The van der Waals surface area contributed by atoms with Crippen molar-refractivity contribution in [1.29, 1.82) is 0 Å². The smallest absolute Gasteiger partial charge is 0.229 e. The van der Waals surface area contributed by atoms with Crippen LogP contribution in [0.15, 0.2) is 6.20 Å². The predicted molar refractivity (Wildman–Crippen MR) is 82.2 cm³/mol. The Morgan fingerprint density at radius 1 is 1.24 bits per heavy atom. The second-order valence-corrected chi connectivity index (χ2v) is 6.61. The number of ether oxygens (including phenoxy) is 1. The number of fused-ring (bicyclic) bond motifs is 1. The molecule has 0 aliphatic carbocycles. The molecule has 2 aromatic heterocycles. The molecule has 7 heteroatoms. The normalized spacial score (nSPS) is 16.6. The summed E-state index contributed by atoms with van der Waals surface area (Å²) in [5.74, 6) is 1.15. The van der Waals surface area contributed by atoms with Gasteiger partial charge in [-0.25, -0.2) is 4.68 Å². The fraction of sp³-hybridized carbons (Fsp3) is 0.643. The lowest BCUT2D eigenvalue weighted by Gasteiger charge is -2.27. The lowest BCUT2D eigenvalue weighted by atomic mass is 9.97. The summed E-state index contributed by atoms with van der Waals surface area (Å²) in [6, 6.07) is 0. The minimum Gasteiger partial charge on any atom is -0.383 e. The summed E-state index contributed by atoms with van der Waals surface area (Å²) in [4.78, 5) is 11.2. The molecular weight excluding hydrogens is 268 g/mol. The molecule has 114 valence electrons. The Morgan fingerprint density at radius 3 is 2.62 bits per heavy atom. The minimum absolute atomic E-state index is 0.123. The maximum absolute atomic E-state index is 6.08. The summed E-state index contributed by atoms with van der Waals surface area (Å²) in [6.45, 7) is 10.3. The number of hydrogen-bond acceptors (Lipinski definition) is 6. The van der Waals surface area contributed by atoms with Crippen molar-refractivity contribution in [2.45, 2.75) is 27.3 Å². The highest BCUT2D eigenvalue weighted by Crippen LogP contribution is 2.24. The molecule has 0 aromatic carbocycles. The molecule has 3 heterocycles. The highest BCUT2D eigenvalue weighted by atomic mass is 16.5. The minimum atomic E-state index is 0.123. The SMILES string of the molecule is CC(C)(C)Cn1ncc2c(N)nc(N3CCOCC3)nc21. The zero-order valence-electron chi connectivity index (χ0n) is 12.8. The molecule has 21 heavy (non-hydrogen) atoms. The van der Waals surface area contributed by atoms with Crippen LogP contribution in [0.2, 0.25) is 0 Å². The fourth-order valence-corrected chi connectivity index (χ4v) is 2.43. The molecule has 0 atom stereocenters. The van der Waals surface area contributed by atoms with Crippen LogP contribution in [0.1, 0.15) is 20.8 Å². The van der Waals surface area contributed by atoms with Gasteiger partial charge in [-0.3, -0.25) is 0 Å². The van der Waals surface area contributed by atoms with Crippen LogP contribution in [0, 0.1) is 5.41 Å². The molecule has 0 spiro atoms. The van der Waals surface area contributed by atoms with E-state index in [0.717, 1.165) is 30.7 Å². The maximum Gasteiger partial charge on any atom is 0.229 e. The molecule has 1 aliphatic heterocycles. The van der Waals surface area contributed by atoms with Gasteiger partial charge in [-0.05, 0) is 5.41 Å². The van der Waals surface area contributed by atoms with E-state index in [1.165, 1.54) is 0 Å². The van der Waals surface area contributed by atoms with Crippen LogP contribution in [-0.2, 0) is 11.3 Å². The van der Waals surface area contributed by atoms with Crippen molar-refractivity contribution in [2.75, 3.05) is 36.9 Å². The van der Waals surface area contributed by atoms with E-state index in [1.54, 1.807) is 6.20 Å². The first kappa shape index (κ1) is 14.1. The van der Waals surface area contributed by atoms with Crippen LogP contribution in [0.4, 0.5) is 11.8 Å². The number of nitrogens with zero attached hydrogens (tertiary/aromatic N) is 5. The van der Waals surface area contributed by atoms with Crippen LogP contribution in [0.5, 0.6) is 0 Å². The van der Waals surface area contributed by atoms with E-state index in [9.17, 15) is 0 Å². The summed E-state index contributed by atoms with van der Waals surface area (Å²) < 4.78 is 7.28. The van der Waals surface area contributed by atoms with E-state index >= 15 is 0 Å². The third-order valence-electron chi connectivity index (χ3n) is 3.43. The van der Waals surface area contributed by atoms with Crippen LogP contribution in [0.3, 0.4) is 0 Å². The standard InChI is InChI=1S/C14H22N6O/c1-14(2,3)9-20-12-10(8-16-20)11(15)17-13(18-12)19-4-6-21-7-5-19/h8H,4-7,9H2,1-3H3,(H2,15,17,18). The van der Waals surface area contributed by atoms with Crippen molar-refractivity contribution in [3.63, 3.8) is 0 Å². The van der Waals surface area contributed by atoms with Gasteiger partial charge in [0.05, 0.1) is 24.8 Å². The van der Waals surface area contributed by atoms with E-state index in [1.807, 2.05) is 4.68 Å². The van der Waals surface area contributed by atoms with Crippen molar-refractivity contribution in [3.05, 3.63) is 6.20 Å². The molecular formula is C14H22N6O. The molecule has 0 amide bonds. The van der Waals surface area contributed by atoms with E-state index in [-0.39, 0.29) is 5.41 Å². The van der Waals surface area contributed by atoms with E-state index in [4.69, 9.17) is 10.5 Å². The van der Waals surface area contributed by atoms with Crippen molar-refractivity contribution >= 4 is 22.8 Å². The molecule has 7 nitrogen and oxygen atoms in total. The first-order valence-electron chi connectivity index (χ1n) is 7.26. The van der Waals surface area contributed by atoms with Gasteiger partial charge in [-0.1, -0.05) is 20.8 Å². The van der Waals surface area contributed by atoms with Crippen LogP contribution < -0.4 is 10.6 Å². The molecule has 0 saturated carbocycles. The summed E-state index contributed by atoms with van der Waals surface area (Å²) >= 11 is 0. The largest absolute Gasteiger partial charge is 0.383 e. The molecule has 1 fully saturated rings. The first-order chi connectivity index (χ1) is 9.94. The van der Waals surface area contributed by atoms with Gasteiger partial charge in [0.15, 0.2) is 5.65 Å². The number of nitrogen functional groups attached to an aromatic ring is 1. The fourth-order valence-electron chi connectivity index (χ4n) is 2.43. The van der Waals surface area contributed by atoms with Crippen molar-refractivity contribution in [3.8, 4) is 0 Å². The number of anilines is 2. The van der Waals surface area contributed by atoms with Gasteiger partial charge in [0, 0.05) is 19.6 Å². The van der Waals surface area contributed by atoms with Crippen molar-refractivity contribution in [1.82, 2.24) is 19.7 Å². The Bertz CT molecular complexity index is 639. The monoisotopic (exact) mass is 290 g/mol. The molecule has 2 aromatic rings. The van der Waals surface area contributed by atoms with Gasteiger partial charge in [0.1, 0.15) is 5.82 Å². The molecule has 2 N–H and O–H groups in total. The van der Waals surface area contributed by atoms with Gasteiger partial charge in [0.2, 0.25) is 5.95 Å². The zero-order valence-corrected chi connectivity index (χ0v) is 12.8. The summed E-state index contributed by atoms with van der Waals surface area (Å²) in [7, 11) is 0. The second-order valence-electron chi connectivity index (χ2n) is 6.61. The molecule has 1 saturated heterocycles. The van der Waals surface area contributed by atoms with E-state index < -0.39 is 0 Å². The Labute approximate surface area is 124 Å². The third-order valence-corrected chi connectivity index (χ3v) is 3.43. The number of hydrogen-bond donors (Lipinski definition) is 1. The van der Waals surface area contributed by atoms with Crippen molar-refractivity contribution in [2.24, 2.45) is 5.41 Å². The zero-order chi connectivity index (χ0) is 15.0. The first-order valence-corrected chi connectivity index (χ1v) is 7.26. The van der Waals surface area contributed by atoms with Gasteiger partial charge in [0.25, 0.3) is 0 Å². The third kappa shape index (κ3) is 2.92. The Balaban J connectivity index is 2.01. The molecule has 1 aliphatic rings. The topological polar surface area (TPSA) is 82.1 Å². The summed E-state index contributed by atoms with van der Waals surface area (Å²) in [5, 5.41) is 5.23. The van der Waals surface area contributed by atoms with Gasteiger partial charge in [-0.2, -0.15) is 15.1 Å². The Morgan fingerprint density at radius 2 is 1.95 bits per heavy atom. The highest BCUT2D eigenvalue weighted by Gasteiger charge is 2.20. The molecule has 0 radical (unpaired) electrons. The average molecular weight is 290 g/mol. The van der Waals surface area contributed by atoms with Crippen LogP contribution in [-0.4, -0.2) is 46.1 Å². The highest BCUT2D eigenvalue weighted by molar-refractivity contribution is 5.86. The maximum atomic E-state index is 6.08. The predicted octanol–water partition coefficient (Wildman–Crippen LogP) is 1.29. The lowest BCUT2D eigenvalue weighted by Crippen LogP contribution is -2.37. The van der Waals surface area contributed by atoms with Crippen molar-refractivity contribution < 1.29 is 4.74 Å². The molecule has 0 unspecified atom stereocenters. The number of rotatable bonds is 2. The second kappa shape index (κ2) is 5.14. The van der Waals surface area contributed by atoms with Crippen LogP contribution in [0.25, 0.3) is 11.0 Å². The Kier molecular flexibility index (Phi) is 3.44.